The number of amides is 1. The summed E-state index contributed by atoms with van der Waals surface area (Å²) in [5.74, 6) is 1.56. The van der Waals surface area contributed by atoms with Crippen molar-refractivity contribution in [3.63, 3.8) is 0 Å². The lowest BCUT2D eigenvalue weighted by molar-refractivity contribution is -0.134. The number of methoxy groups -OCH3 is 1. The fourth-order valence-electron chi connectivity index (χ4n) is 4.47. The van der Waals surface area contributed by atoms with Crippen LogP contribution in [0.15, 0.2) is 24.3 Å². The summed E-state index contributed by atoms with van der Waals surface area (Å²) in [4.78, 5) is 15.2. The van der Waals surface area contributed by atoms with Crippen LogP contribution < -0.4 is 15.4 Å². The third-order valence-corrected chi connectivity index (χ3v) is 6.26. The van der Waals surface area contributed by atoms with E-state index < -0.39 is 0 Å². The van der Waals surface area contributed by atoms with E-state index in [4.69, 9.17) is 9.47 Å². The number of rotatable bonds is 10. The number of nitrogens with one attached hydrogen (secondary N) is 2. The molecule has 0 aromatic heterocycles. The minimum absolute atomic E-state index is 0. The Balaban J connectivity index is 0.00000225. The molecule has 1 saturated heterocycles. The van der Waals surface area contributed by atoms with Crippen molar-refractivity contribution in [3.8, 4) is 5.75 Å². The van der Waals surface area contributed by atoms with Crippen molar-refractivity contribution in [1.82, 2.24) is 15.5 Å². The number of fused-ring (bicyclic) bond motifs is 1. The minimum Gasteiger partial charge on any atom is -0.492 e. The van der Waals surface area contributed by atoms with Gasteiger partial charge in [-0.1, -0.05) is 25.0 Å². The fourth-order valence-corrected chi connectivity index (χ4v) is 4.47. The molecule has 0 bridgehead atoms. The van der Waals surface area contributed by atoms with Crippen LogP contribution in [0.3, 0.4) is 0 Å². The van der Waals surface area contributed by atoms with Gasteiger partial charge in [0.1, 0.15) is 12.4 Å². The lowest BCUT2D eigenvalue weighted by Gasteiger charge is -2.37. The standard InChI is InChI=1S/C22H35N3O3.2ClH/c1-25(10-12-27-2)11-13-28-20-8-5-6-18(14-20)15-24-21(26)22-9-4-3-7-19(22)16-23-17-22;;/h5-6,8,14,19,23H,3-4,7,9-13,15-17H2,1-2H3,(H,24,26);2*1H/t19-,22+;;/m0../s1. The van der Waals surface area contributed by atoms with Gasteiger partial charge in [0.15, 0.2) is 0 Å². The zero-order chi connectivity index (χ0) is 19.8. The van der Waals surface area contributed by atoms with E-state index in [9.17, 15) is 4.79 Å². The minimum atomic E-state index is -0.195. The summed E-state index contributed by atoms with van der Waals surface area (Å²) in [5, 5.41) is 6.64. The van der Waals surface area contributed by atoms with E-state index >= 15 is 0 Å². The third-order valence-electron chi connectivity index (χ3n) is 6.26. The van der Waals surface area contributed by atoms with E-state index in [0.29, 0.717) is 19.1 Å². The van der Waals surface area contributed by atoms with Crippen LogP contribution in [0.5, 0.6) is 5.75 Å². The Bertz CT molecular complexity index is 650. The summed E-state index contributed by atoms with van der Waals surface area (Å²) in [6.07, 6.45) is 4.59. The first-order valence-electron chi connectivity index (χ1n) is 10.5. The molecular weight excluding hydrogens is 425 g/mol. The summed E-state index contributed by atoms with van der Waals surface area (Å²) in [7, 11) is 3.77. The monoisotopic (exact) mass is 461 g/mol. The maximum Gasteiger partial charge on any atom is 0.228 e. The molecule has 0 radical (unpaired) electrons. The second kappa shape index (κ2) is 13.4. The van der Waals surface area contributed by atoms with Crippen LogP contribution in [-0.2, 0) is 16.1 Å². The Morgan fingerprint density at radius 3 is 2.87 bits per heavy atom. The molecular formula is C22H37Cl2N3O3. The molecule has 6 nitrogen and oxygen atoms in total. The van der Waals surface area contributed by atoms with Crippen LogP contribution in [0.25, 0.3) is 0 Å². The smallest absolute Gasteiger partial charge is 0.228 e. The Hall–Kier alpha value is -1.05. The number of carbonyl (C=O) groups excluding carboxylic acids is 1. The van der Waals surface area contributed by atoms with Gasteiger partial charge in [-0.3, -0.25) is 4.79 Å². The molecule has 2 atom stereocenters. The molecule has 1 aliphatic carbocycles. The molecule has 1 aromatic carbocycles. The number of nitrogens with zero attached hydrogens (tertiary/aromatic N) is 1. The van der Waals surface area contributed by atoms with Gasteiger partial charge in [-0.25, -0.2) is 0 Å². The molecule has 2 fully saturated rings. The average Bonchev–Trinajstić information content (AvgIpc) is 3.16. The second-order valence-corrected chi connectivity index (χ2v) is 8.20. The Kier molecular flexibility index (Phi) is 12.0. The molecule has 1 aliphatic heterocycles. The zero-order valence-corrected chi connectivity index (χ0v) is 19.8. The first-order valence-corrected chi connectivity index (χ1v) is 10.5. The van der Waals surface area contributed by atoms with Gasteiger partial charge < -0.3 is 25.0 Å². The number of likely N-dealkylation sites (N-methyl/N-ethyl adjacent to an activating group) is 1. The first-order chi connectivity index (χ1) is 13.6. The van der Waals surface area contributed by atoms with Gasteiger partial charge in [-0.2, -0.15) is 0 Å². The van der Waals surface area contributed by atoms with Crippen molar-refractivity contribution in [2.24, 2.45) is 11.3 Å². The number of benzene rings is 1. The highest BCUT2D eigenvalue weighted by Crippen LogP contribution is 2.43. The van der Waals surface area contributed by atoms with Gasteiger partial charge in [0.05, 0.1) is 12.0 Å². The molecule has 1 amide bonds. The lowest BCUT2D eigenvalue weighted by atomic mass is 9.67. The van der Waals surface area contributed by atoms with Gasteiger partial charge in [0.2, 0.25) is 5.91 Å². The van der Waals surface area contributed by atoms with E-state index in [1.165, 1.54) is 12.8 Å². The highest BCUT2D eigenvalue weighted by atomic mass is 35.5. The Morgan fingerprint density at radius 2 is 2.07 bits per heavy atom. The molecule has 3 rings (SSSR count). The number of hydrogen-bond donors (Lipinski definition) is 2. The van der Waals surface area contributed by atoms with Crippen molar-refractivity contribution < 1.29 is 14.3 Å². The molecule has 172 valence electrons. The van der Waals surface area contributed by atoms with E-state index in [1.807, 2.05) is 24.3 Å². The largest absolute Gasteiger partial charge is 0.492 e. The summed E-state index contributed by atoms with van der Waals surface area (Å²) in [6, 6.07) is 8.03. The Labute approximate surface area is 193 Å². The third kappa shape index (κ3) is 6.99. The van der Waals surface area contributed by atoms with E-state index in [2.05, 4.69) is 22.6 Å². The normalized spacial score (nSPS) is 22.6. The molecule has 2 N–H and O–H groups in total. The predicted octanol–water partition coefficient (Wildman–Crippen LogP) is 2.88. The van der Waals surface area contributed by atoms with Crippen LogP contribution in [0.2, 0.25) is 0 Å². The molecule has 2 aliphatic rings. The highest BCUT2D eigenvalue weighted by Gasteiger charge is 2.49. The molecule has 1 heterocycles. The van der Waals surface area contributed by atoms with Crippen molar-refractivity contribution in [3.05, 3.63) is 29.8 Å². The molecule has 8 heteroatoms. The quantitative estimate of drug-likeness (QED) is 0.560. The molecule has 1 saturated carbocycles. The van der Waals surface area contributed by atoms with Gasteiger partial charge >= 0.3 is 0 Å². The van der Waals surface area contributed by atoms with Crippen LogP contribution in [-0.4, -0.2) is 64.4 Å². The van der Waals surface area contributed by atoms with Crippen molar-refractivity contribution in [1.29, 1.82) is 0 Å². The SMILES string of the molecule is COCCN(C)CCOc1cccc(CNC(=O)[C@@]23CCCC[C@H]2CNC3)c1.Cl.Cl. The van der Waals surface area contributed by atoms with Crippen molar-refractivity contribution in [2.45, 2.75) is 32.2 Å². The zero-order valence-electron chi connectivity index (χ0n) is 18.2. The number of carbonyl (C=O) groups is 1. The van der Waals surface area contributed by atoms with E-state index in [0.717, 1.165) is 56.9 Å². The van der Waals surface area contributed by atoms with Crippen LogP contribution in [0.4, 0.5) is 0 Å². The molecule has 1 aromatic rings. The maximum atomic E-state index is 13.0. The molecule has 0 unspecified atom stereocenters. The second-order valence-electron chi connectivity index (χ2n) is 8.20. The van der Waals surface area contributed by atoms with Crippen molar-refractivity contribution in [2.75, 3.05) is 53.6 Å². The number of halogens is 2. The fraction of sp³-hybridized carbons (Fsp3) is 0.682. The predicted molar refractivity (Wildman–Crippen MR) is 125 cm³/mol. The van der Waals surface area contributed by atoms with Crippen LogP contribution in [0.1, 0.15) is 31.2 Å². The first kappa shape index (κ1) is 27.0. The summed E-state index contributed by atoms with van der Waals surface area (Å²) < 4.78 is 11.0. The van der Waals surface area contributed by atoms with Crippen LogP contribution >= 0.6 is 24.8 Å². The van der Waals surface area contributed by atoms with E-state index in [-0.39, 0.29) is 36.1 Å². The summed E-state index contributed by atoms with van der Waals surface area (Å²) in [6.45, 7) is 5.46. The molecule has 30 heavy (non-hydrogen) atoms. The topological polar surface area (TPSA) is 62.8 Å². The van der Waals surface area contributed by atoms with Gasteiger partial charge in [-0.05, 0) is 50.0 Å². The average molecular weight is 462 g/mol. The Morgan fingerprint density at radius 1 is 1.27 bits per heavy atom. The summed E-state index contributed by atoms with van der Waals surface area (Å²) >= 11 is 0. The van der Waals surface area contributed by atoms with Gasteiger partial charge in [-0.15, -0.1) is 24.8 Å². The van der Waals surface area contributed by atoms with Gasteiger partial charge in [0, 0.05) is 33.3 Å². The maximum absolute atomic E-state index is 13.0. The number of ether oxygens (including phenoxy) is 2. The van der Waals surface area contributed by atoms with Crippen LogP contribution in [0, 0.1) is 11.3 Å². The van der Waals surface area contributed by atoms with E-state index in [1.54, 1.807) is 7.11 Å². The van der Waals surface area contributed by atoms with Gasteiger partial charge in [0.25, 0.3) is 0 Å². The molecule has 0 spiro atoms. The number of hydrogen-bond acceptors (Lipinski definition) is 5. The summed E-state index contributed by atoms with van der Waals surface area (Å²) in [5.41, 5.74) is 0.882. The van der Waals surface area contributed by atoms with Crippen molar-refractivity contribution >= 4 is 30.7 Å². The lowest BCUT2D eigenvalue weighted by Crippen LogP contribution is -2.47. The highest BCUT2D eigenvalue weighted by molar-refractivity contribution is 5.85.